The molecule has 1 N–H and O–H groups in total. The van der Waals surface area contributed by atoms with Gasteiger partial charge in [0.15, 0.2) is 0 Å². The van der Waals surface area contributed by atoms with Crippen molar-refractivity contribution < 1.29 is 13.9 Å². The van der Waals surface area contributed by atoms with Crippen LogP contribution in [0.4, 0.5) is 4.39 Å². The van der Waals surface area contributed by atoms with Crippen molar-refractivity contribution in [3.8, 4) is 0 Å². The minimum atomic E-state index is -1.02. The van der Waals surface area contributed by atoms with E-state index in [1.54, 1.807) is 19.1 Å². The van der Waals surface area contributed by atoms with E-state index in [1.807, 2.05) is 13.8 Å². The van der Waals surface area contributed by atoms with E-state index in [0.29, 0.717) is 16.7 Å². The van der Waals surface area contributed by atoms with Gasteiger partial charge >= 0.3 is 0 Å². The topological polar surface area (TPSA) is 33.4 Å². The largest absolute Gasteiger partial charge is 0.458 e. The molecule has 0 radical (unpaired) electrons. The van der Waals surface area contributed by atoms with Crippen LogP contribution in [-0.4, -0.2) is 5.11 Å². The number of hydrogen-bond acceptors (Lipinski definition) is 2. The van der Waals surface area contributed by atoms with E-state index in [4.69, 9.17) is 4.42 Å². The zero-order valence-corrected chi connectivity index (χ0v) is 10.3. The molecule has 0 bridgehead atoms. The lowest BCUT2D eigenvalue weighted by atomic mass is 9.86. The summed E-state index contributed by atoms with van der Waals surface area (Å²) < 4.78 is 18.7. The van der Waals surface area contributed by atoms with Crippen LogP contribution in [0.5, 0.6) is 0 Å². The van der Waals surface area contributed by atoms with Crippen LogP contribution >= 0.6 is 0 Å². The van der Waals surface area contributed by atoms with Gasteiger partial charge < -0.3 is 9.52 Å². The Bertz CT molecular complexity index is 528. The molecular weight excluding hydrogens is 219 g/mol. The average Bonchev–Trinajstić information content (AvgIpc) is 2.71. The van der Waals surface area contributed by atoms with E-state index in [0.717, 1.165) is 6.42 Å². The van der Waals surface area contributed by atoms with Crippen LogP contribution in [0.1, 0.15) is 33.0 Å². The van der Waals surface area contributed by atoms with Gasteiger partial charge in [0.2, 0.25) is 0 Å². The van der Waals surface area contributed by atoms with Gasteiger partial charge in [0.1, 0.15) is 22.8 Å². The van der Waals surface area contributed by atoms with Crippen LogP contribution in [-0.2, 0) is 5.60 Å². The molecular formula is C14H17FO2. The minimum Gasteiger partial charge on any atom is -0.458 e. The van der Waals surface area contributed by atoms with E-state index in [9.17, 15) is 9.50 Å². The Labute approximate surface area is 100 Å². The predicted molar refractivity (Wildman–Crippen MR) is 65.2 cm³/mol. The average molecular weight is 236 g/mol. The van der Waals surface area contributed by atoms with Crippen LogP contribution in [0.3, 0.4) is 0 Å². The standard InChI is InChI=1S/C14H17FO2/c1-4-9(2)14(3,16)13-8-10-7-11(15)5-6-12(10)17-13/h5-9,16H,4H2,1-3H3. The molecule has 2 nitrogen and oxygen atoms in total. The molecule has 0 aliphatic heterocycles. The molecule has 3 heteroatoms. The third-order valence-electron chi connectivity index (χ3n) is 3.55. The molecule has 0 aliphatic carbocycles. The molecule has 0 saturated carbocycles. The Kier molecular flexibility index (Phi) is 2.96. The molecule has 2 atom stereocenters. The second kappa shape index (κ2) is 4.15. The molecule has 0 fully saturated rings. The molecule has 0 spiro atoms. The molecule has 2 unspecified atom stereocenters. The third-order valence-corrected chi connectivity index (χ3v) is 3.55. The maximum absolute atomic E-state index is 13.1. The minimum absolute atomic E-state index is 0.0768. The summed E-state index contributed by atoms with van der Waals surface area (Å²) in [6.07, 6.45) is 0.846. The zero-order valence-electron chi connectivity index (χ0n) is 10.3. The van der Waals surface area contributed by atoms with E-state index in [1.165, 1.54) is 12.1 Å². The lowest BCUT2D eigenvalue weighted by molar-refractivity contribution is -0.0182. The summed E-state index contributed by atoms with van der Waals surface area (Å²) >= 11 is 0. The van der Waals surface area contributed by atoms with Crippen molar-refractivity contribution in [2.45, 2.75) is 32.8 Å². The van der Waals surface area contributed by atoms with Crippen molar-refractivity contribution in [1.29, 1.82) is 0 Å². The highest BCUT2D eigenvalue weighted by molar-refractivity contribution is 5.78. The van der Waals surface area contributed by atoms with E-state index in [-0.39, 0.29) is 11.7 Å². The summed E-state index contributed by atoms with van der Waals surface area (Å²) in [6, 6.07) is 6.06. The zero-order chi connectivity index (χ0) is 12.6. The van der Waals surface area contributed by atoms with Gasteiger partial charge in [-0.15, -0.1) is 0 Å². The predicted octanol–water partition coefficient (Wildman–Crippen LogP) is 3.83. The molecule has 92 valence electrons. The van der Waals surface area contributed by atoms with Crippen molar-refractivity contribution in [2.75, 3.05) is 0 Å². The van der Waals surface area contributed by atoms with Gasteiger partial charge in [0.25, 0.3) is 0 Å². The maximum Gasteiger partial charge on any atom is 0.136 e. The molecule has 0 saturated heterocycles. The first kappa shape index (κ1) is 12.1. The number of aliphatic hydroxyl groups is 1. The fourth-order valence-electron chi connectivity index (χ4n) is 1.90. The molecule has 1 aromatic heterocycles. The quantitative estimate of drug-likeness (QED) is 0.878. The second-order valence-electron chi connectivity index (χ2n) is 4.75. The first-order chi connectivity index (χ1) is 7.95. The Morgan fingerprint density at radius 3 is 2.76 bits per heavy atom. The highest BCUT2D eigenvalue weighted by Crippen LogP contribution is 2.34. The molecule has 1 aromatic carbocycles. The third kappa shape index (κ3) is 2.07. The summed E-state index contributed by atoms with van der Waals surface area (Å²) in [5.74, 6) is 0.272. The van der Waals surface area contributed by atoms with Crippen molar-refractivity contribution in [1.82, 2.24) is 0 Å². The lowest BCUT2D eigenvalue weighted by Crippen LogP contribution is -2.28. The summed E-state index contributed by atoms with van der Waals surface area (Å²) in [5, 5.41) is 11.1. The molecule has 2 aromatic rings. The van der Waals surface area contributed by atoms with E-state index in [2.05, 4.69) is 0 Å². The fraction of sp³-hybridized carbons (Fsp3) is 0.429. The monoisotopic (exact) mass is 236 g/mol. The second-order valence-corrected chi connectivity index (χ2v) is 4.75. The number of fused-ring (bicyclic) bond motifs is 1. The highest BCUT2D eigenvalue weighted by Gasteiger charge is 2.32. The van der Waals surface area contributed by atoms with Gasteiger partial charge in [0.05, 0.1) is 0 Å². The van der Waals surface area contributed by atoms with Gasteiger partial charge in [-0.3, -0.25) is 0 Å². The van der Waals surface area contributed by atoms with Crippen molar-refractivity contribution in [3.05, 3.63) is 35.8 Å². The van der Waals surface area contributed by atoms with Crippen molar-refractivity contribution in [2.24, 2.45) is 5.92 Å². The van der Waals surface area contributed by atoms with Gasteiger partial charge in [-0.2, -0.15) is 0 Å². The van der Waals surface area contributed by atoms with Gasteiger partial charge in [-0.1, -0.05) is 20.3 Å². The van der Waals surface area contributed by atoms with Crippen molar-refractivity contribution >= 4 is 11.0 Å². The summed E-state index contributed by atoms with van der Waals surface area (Å²) in [5.41, 5.74) is -0.422. The van der Waals surface area contributed by atoms with Crippen LogP contribution in [0, 0.1) is 11.7 Å². The molecule has 0 amide bonds. The first-order valence-corrected chi connectivity index (χ1v) is 5.87. The first-order valence-electron chi connectivity index (χ1n) is 5.87. The molecule has 17 heavy (non-hydrogen) atoms. The SMILES string of the molecule is CCC(C)C(C)(O)c1cc2cc(F)ccc2o1. The van der Waals surface area contributed by atoms with Crippen LogP contribution in [0.25, 0.3) is 11.0 Å². The van der Waals surface area contributed by atoms with Gasteiger partial charge in [0, 0.05) is 5.39 Å². The Hall–Kier alpha value is -1.35. The molecule has 2 rings (SSSR count). The van der Waals surface area contributed by atoms with Gasteiger partial charge in [-0.05, 0) is 37.1 Å². The van der Waals surface area contributed by atoms with Crippen LogP contribution in [0.2, 0.25) is 0 Å². The summed E-state index contributed by atoms with van der Waals surface area (Å²) in [6.45, 7) is 5.71. The van der Waals surface area contributed by atoms with Crippen LogP contribution < -0.4 is 0 Å². The Morgan fingerprint density at radius 2 is 2.12 bits per heavy atom. The number of hydrogen-bond donors (Lipinski definition) is 1. The normalized spacial score (nSPS) is 17.0. The number of benzene rings is 1. The number of furan rings is 1. The van der Waals surface area contributed by atoms with Gasteiger partial charge in [-0.25, -0.2) is 4.39 Å². The summed E-state index contributed by atoms with van der Waals surface area (Å²) in [7, 11) is 0. The Balaban J connectivity index is 2.49. The smallest absolute Gasteiger partial charge is 0.136 e. The number of halogens is 1. The van der Waals surface area contributed by atoms with E-state index >= 15 is 0 Å². The van der Waals surface area contributed by atoms with Crippen molar-refractivity contribution in [3.63, 3.8) is 0 Å². The molecule has 1 heterocycles. The maximum atomic E-state index is 13.1. The lowest BCUT2D eigenvalue weighted by Gasteiger charge is -2.27. The fourth-order valence-corrected chi connectivity index (χ4v) is 1.90. The molecule has 0 aliphatic rings. The highest BCUT2D eigenvalue weighted by atomic mass is 19.1. The van der Waals surface area contributed by atoms with Crippen LogP contribution in [0.15, 0.2) is 28.7 Å². The Morgan fingerprint density at radius 1 is 1.41 bits per heavy atom. The van der Waals surface area contributed by atoms with E-state index < -0.39 is 5.60 Å². The summed E-state index contributed by atoms with van der Waals surface area (Å²) in [4.78, 5) is 0. The number of rotatable bonds is 3.